The number of hydrogen-bond donors (Lipinski definition) is 4. The van der Waals surface area contributed by atoms with E-state index in [1.165, 1.54) is 5.56 Å². The fraction of sp³-hybridized carbons (Fsp3) is 0.447. The van der Waals surface area contributed by atoms with Crippen LogP contribution in [-0.2, 0) is 9.59 Å². The fourth-order valence-corrected chi connectivity index (χ4v) is 10.0. The first-order valence-corrected chi connectivity index (χ1v) is 22.6. The number of hydrogen-bond acceptors (Lipinski definition) is 10. The summed E-state index contributed by atoms with van der Waals surface area (Å²) < 4.78 is 18.8. The highest BCUT2D eigenvalue weighted by Gasteiger charge is 2.39. The number of aromatic nitrogens is 4. The lowest BCUT2D eigenvalue weighted by Crippen LogP contribution is -2.51. The molecule has 4 fully saturated rings. The number of carbonyl (C=O) groups excluding carboxylic acids is 3. The van der Waals surface area contributed by atoms with Crippen LogP contribution in [0.2, 0.25) is 5.02 Å². The number of benzene rings is 2. The van der Waals surface area contributed by atoms with Gasteiger partial charge in [0.05, 0.1) is 33.9 Å². The summed E-state index contributed by atoms with van der Waals surface area (Å²) in [5, 5.41) is 25.7. The van der Waals surface area contributed by atoms with Crippen molar-refractivity contribution in [2.45, 2.75) is 81.3 Å². The first-order chi connectivity index (χ1) is 30.6. The molecule has 9 rings (SSSR count). The van der Waals surface area contributed by atoms with Gasteiger partial charge in [-0.1, -0.05) is 29.8 Å². The number of phenols is 1. The van der Waals surface area contributed by atoms with Crippen molar-refractivity contribution in [2.24, 2.45) is 0 Å². The van der Waals surface area contributed by atoms with Crippen molar-refractivity contribution in [3.8, 4) is 17.0 Å². The third-order valence-electron chi connectivity index (χ3n) is 13.4. The number of piperidine rings is 3. The number of aromatic hydroxyl groups is 1. The molecule has 63 heavy (non-hydrogen) atoms. The number of anilines is 3. The number of nitrogens with one attached hydrogen (secondary N) is 2. The number of pyridine rings is 1. The lowest BCUT2D eigenvalue weighted by molar-refractivity contribution is -0.116. The highest BCUT2D eigenvalue weighted by atomic mass is 35.5. The van der Waals surface area contributed by atoms with Crippen LogP contribution in [0.15, 0.2) is 67.0 Å². The summed E-state index contributed by atoms with van der Waals surface area (Å²) in [5.41, 5.74) is 11.1. The molecule has 3 amide bonds. The Hall–Kier alpha value is -5.80. The lowest BCUT2D eigenvalue weighted by atomic mass is 9.89. The average molecular weight is 877 g/mol. The molecule has 14 nitrogen and oxygen atoms in total. The van der Waals surface area contributed by atoms with Gasteiger partial charge in [-0.3, -0.25) is 14.4 Å². The van der Waals surface area contributed by atoms with Crippen molar-refractivity contribution < 1.29 is 23.9 Å². The molecule has 1 unspecified atom stereocenters. The quantitative estimate of drug-likeness (QED) is 0.0709. The first kappa shape index (κ1) is 42.5. The molecule has 1 saturated carbocycles. The van der Waals surface area contributed by atoms with Gasteiger partial charge in [0.15, 0.2) is 5.82 Å². The SMILES string of the molecule is Nc1nnc(-c2ccccc2O)cc1N1CCCC(c2ccc(C(=O)N3CCC(F)(CN4CCC(n5cc(C6CC6)c6cc(NC(=O)CCNC=O)cnc65)CC4)CC3)c(Cl)c2)C1. The zero-order valence-electron chi connectivity index (χ0n) is 35.3. The number of fused-ring (bicyclic) bond motifs is 1. The lowest BCUT2D eigenvalue weighted by Gasteiger charge is -2.41. The van der Waals surface area contributed by atoms with Crippen LogP contribution in [0.5, 0.6) is 5.75 Å². The molecule has 5 aromatic rings. The Balaban J connectivity index is 0.779. The molecule has 6 heterocycles. The second kappa shape index (κ2) is 18.1. The van der Waals surface area contributed by atoms with E-state index in [0.29, 0.717) is 71.9 Å². The summed E-state index contributed by atoms with van der Waals surface area (Å²) >= 11 is 6.85. The van der Waals surface area contributed by atoms with Crippen LogP contribution < -0.4 is 21.3 Å². The zero-order valence-corrected chi connectivity index (χ0v) is 36.1. The maximum Gasteiger partial charge on any atom is 0.255 e. The van der Waals surface area contributed by atoms with Crippen LogP contribution in [0.4, 0.5) is 21.6 Å². The molecule has 2 aromatic carbocycles. The van der Waals surface area contributed by atoms with Gasteiger partial charge in [-0.15, -0.1) is 10.2 Å². The topological polar surface area (TPSA) is 175 Å². The van der Waals surface area contributed by atoms with E-state index in [4.69, 9.17) is 22.3 Å². The molecule has 330 valence electrons. The number of para-hydroxylation sites is 1. The second-order valence-electron chi connectivity index (χ2n) is 17.7. The number of nitrogen functional groups attached to an aromatic ring is 1. The summed E-state index contributed by atoms with van der Waals surface area (Å²) in [6.45, 7) is 4.29. The Morgan fingerprint density at radius 1 is 0.968 bits per heavy atom. The summed E-state index contributed by atoms with van der Waals surface area (Å²) in [4.78, 5) is 47.7. The monoisotopic (exact) mass is 876 g/mol. The average Bonchev–Trinajstić information content (AvgIpc) is 4.07. The maximum atomic E-state index is 16.5. The van der Waals surface area contributed by atoms with Gasteiger partial charge >= 0.3 is 0 Å². The number of nitrogens with zero attached hydrogens (tertiary/aromatic N) is 7. The van der Waals surface area contributed by atoms with Crippen LogP contribution >= 0.6 is 11.6 Å². The van der Waals surface area contributed by atoms with Gasteiger partial charge in [-0.05, 0) is 92.0 Å². The smallest absolute Gasteiger partial charge is 0.255 e. The molecular formula is C47H54ClFN10O4. The molecular weight excluding hydrogens is 823 g/mol. The molecule has 0 radical (unpaired) electrons. The van der Waals surface area contributed by atoms with Gasteiger partial charge in [0.1, 0.15) is 17.1 Å². The van der Waals surface area contributed by atoms with E-state index in [1.807, 2.05) is 36.4 Å². The first-order valence-electron chi connectivity index (χ1n) is 22.2. The Morgan fingerprint density at radius 3 is 2.51 bits per heavy atom. The van der Waals surface area contributed by atoms with Crippen molar-refractivity contribution in [3.05, 3.63) is 88.7 Å². The van der Waals surface area contributed by atoms with Crippen molar-refractivity contribution in [2.75, 3.05) is 68.3 Å². The highest BCUT2D eigenvalue weighted by molar-refractivity contribution is 6.33. The Labute approximate surface area is 371 Å². The number of nitrogens with two attached hydrogens (primary N) is 1. The van der Waals surface area contributed by atoms with E-state index < -0.39 is 5.67 Å². The summed E-state index contributed by atoms with van der Waals surface area (Å²) in [5.74, 6) is 0.734. The zero-order chi connectivity index (χ0) is 43.7. The van der Waals surface area contributed by atoms with Crippen molar-refractivity contribution in [1.82, 2.24) is 34.9 Å². The van der Waals surface area contributed by atoms with Crippen LogP contribution in [0.3, 0.4) is 0 Å². The minimum Gasteiger partial charge on any atom is -0.507 e. The molecule has 0 bridgehead atoms. The van der Waals surface area contributed by atoms with Gasteiger partial charge in [-0.2, -0.15) is 0 Å². The highest BCUT2D eigenvalue weighted by Crippen LogP contribution is 2.45. The van der Waals surface area contributed by atoms with Crippen molar-refractivity contribution in [3.63, 3.8) is 0 Å². The summed E-state index contributed by atoms with van der Waals surface area (Å²) in [7, 11) is 0. The molecule has 3 aliphatic heterocycles. The van der Waals surface area contributed by atoms with E-state index in [0.717, 1.165) is 80.4 Å². The van der Waals surface area contributed by atoms with Gasteiger partial charge in [0.25, 0.3) is 5.91 Å². The van der Waals surface area contributed by atoms with E-state index >= 15 is 4.39 Å². The van der Waals surface area contributed by atoms with Gasteiger partial charge in [-0.25, -0.2) is 9.37 Å². The predicted molar refractivity (Wildman–Crippen MR) is 242 cm³/mol. The van der Waals surface area contributed by atoms with E-state index in [2.05, 4.69) is 41.4 Å². The van der Waals surface area contributed by atoms with Gasteiger partial charge < -0.3 is 40.7 Å². The largest absolute Gasteiger partial charge is 0.507 e. The van der Waals surface area contributed by atoms with E-state index in [9.17, 15) is 19.5 Å². The number of carbonyl (C=O) groups is 3. The number of likely N-dealkylation sites (tertiary alicyclic amines) is 2. The number of amides is 3. The van der Waals surface area contributed by atoms with Crippen LogP contribution in [0, 0.1) is 0 Å². The van der Waals surface area contributed by atoms with Gasteiger partial charge in [0, 0.05) is 101 Å². The molecule has 4 aliphatic rings. The normalized spacial score (nSPS) is 19.6. The molecule has 5 N–H and O–H groups in total. The molecule has 3 saturated heterocycles. The number of phenolic OH excluding ortho intramolecular Hbond substituents is 1. The third kappa shape index (κ3) is 9.31. The summed E-state index contributed by atoms with van der Waals surface area (Å²) in [6.07, 6.45) is 11.2. The van der Waals surface area contributed by atoms with E-state index in [-0.39, 0.29) is 55.3 Å². The van der Waals surface area contributed by atoms with Crippen LogP contribution in [0.1, 0.15) is 97.1 Å². The number of halogens is 2. The molecule has 0 spiro atoms. The molecule has 3 aromatic heterocycles. The van der Waals surface area contributed by atoms with Crippen molar-refractivity contribution >= 4 is 58.1 Å². The van der Waals surface area contributed by atoms with Crippen LogP contribution in [-0.4, -0.2) is 111 Å². The Kier molecular flexibility index (Phi) is 12.2. The Morgan fingerprint density at radius 2 is 1.76 bits per heavy atom. The Bertz CT molecular complexity index is 2500. The van der Waals surface area contributed by atoms with Crippen LogP contribution in [0.25, 0.3) is 22.3 Å². The van der Waals surface area contributed by atoms with Gasteiger partial charge in [0.2, 0.25) is 12.3 Å². The molecule has 16 heteroatoms. The fourth-order valence-electron chi connectivity index (χ4n) is 9.78. The minimum atomic E-state index is -1.38. The molecule has 1 atom stereocenters. The van der Waals surface area contributed by atoms with E-state index in [1.54, 1.807) is 29.3 Å². The number of rotatable bonds is 13. The van der Waals surface area contributed by atoms with Crippen molar-refractivity contribution in [1.29, 1.82) is 0 Å². The molecule has 1 aliphatic carbocycles. The third-order valence-corrected chi connectivity index (χ3v) is 13.7. The minimum absolute atomic E-state index is 0.123. The predicted octanol–water partition coefficient (Wildman–Crippen LogP) is 7.05. The standard InChI is InChI=1S/C47H54ClFN10O4/c48-39-22-31(32-4-3-17-58(26-32)41-24-40(54-55-44(41)50)36-5-1-2-6-42(36)61)9-10-35(39)46(63)57-20-14-47(49,15-21-57)28-56-18-12-34(13-19-56)59-27-38(30-7-8-30)37-23-33(25-52-45(37)59)53-43(62)11-16-51-29-60/h1-2,5-6,9-10,22-25,27,29-30,32,34,61H,3-4,7-8,11-21,26,28H2,(H2,50,55)(H,51,60)(H,53,62). The second-order valence-corrected chi connectivity index (χ2v) is 18.1. The maximum absolute atomic E-state index is 16.5. The number of alkyl halides is 1. The summed E-state index contributed by atoms with van der Waals surface area (Å²) in [6, 6.07) is 16.8.